The van der Waals surface area contributed by atoms with Crippen molar-refractivity contribution in [3.63, 3.8) is 0 Å². The van der Waals surface area contributed by atoms with Gasteiger partial charge in [0.1, 0.15) is 6.54 Å². The largest absolute Gasteiger partial charge is 0.325 e. The van der Waals surface area contributed by atoms with Crippen LogP contribution in [0.5, 0.6) is 0 Å². The average Bonchev–Trinajstić information content (AvgIpc) is 2.76. The van der Waals surface area contributed by atoms with Gasteiger partial charge < -0.3 is 11.1 Å². The normalized spacial score (nSPS) is 10.3. The second-order valence-corrected chi connectivity index (χ2v) is 3.85. The number of carbonyl (C=O) groups is 1. The standard InChI is InChI=1S/C11H14N6O/c1-8-4-9(2-3-13-8)14-11(18)7-17-6-10(5-12)15-16-17/h2-4,6H,5,7,12H2,1H3,(H,13,14,18). The van der Waals surface area contributed by atoms with Gasteiger partial charge in [-0.15, -0.1) is 5.10 Å². The van der Waals surface area contributed by atoms with E-state index in [0.717, 1.165) is 5.69 Å². The number of rotatable bonds is 4. The first-order valence-corrected chi connectivity index (χ1v) is 5.49. The maximum absolute atomic E-state index is 11.7. The molecule has 2 aromatic rings. The van der Waals surface area contributed by atoms with Crippen LogP contribution in [0.2, 0.25) is 0 Å². The Morgan fingerprint density at radius 2 is 2.39 bits per heavy atom. The zero-order valence-corrected chi connectivity index (χ0v) is 10.00. The molecular formula is C11H14N6O. The van der Waals surface area contributed by atoms with Crippen LogP contribution in [-0.2, 0) is 17.9 Å². The zero-order chi connectivity index (χ0) is 13.0. The molecule has 0 fully saturated rings. The van der Waals surface area contributed by atoms with E-state index in [1.165, 1.54) is 4.68 Å². The lowest BCUT2D eigenvalue weighted by Crippen LogP contribution is -2.19. The van der Waals surface area contributed by atoms with Gasteiger partial charge in [0.05, 0.1) is 11.9 Å². The second-order valence-electron chi connectivity index (χ2n) is 3.85. The molecular weight excluding hydrogens is 232 g/mol. The number of carbonyl (C=O) groups excluding carboxylic acids is 1. The Bertz CT molecular complexity index is 550. The van der Waals surface area contributed by atoms with E-state index in [9.17, 15) is 4.79 Å². The molecule has 0 aliphatic carbocycles. The minimum atomic E-state index is -0.172. The Morgan fingerprint density at radius 3 is 3.06 bits per heavy atom. The Balaban J connectivity index is 1.96. The molecule has 0 saturated heterocycles. The average molecular weight is 246 g/mol. The summed E-state index contributed by atoms with van der Waals surface area (Å²) in [5, 5.41) is 10.4. The quantitative estimate of drug-likeness (QED) is 0.796. The fraction of sp³-hybridized carbons (Fsp3) is 0.273. The molecule has 0 aliphatic rings. The lowest BCUT2D eigenvalue weighted by atomic mass is 10.3. The SMILES string of the molecule is Cc1cc(NC(=O)Cn2cc(CN)nn2)ccn1. The molecule has 0 saturated carbocycles. The fourth-order valence-electron chi connectivity index (χ4n) is 1.48. The minimum Gasteiger partial charge on any atom is -0.325 e. The van der Waals surface area contributed by atoms with Crippen molar-refractivity contribution in [2.45, 2.75) is 20.0 Å². The third-order valence-corrected chi connectivity index (χ3v) is 2.28. The highest BCUT2D eigenvalue weighted by molar-refractivity contribution is 5.90. The van der Waals surface area contributed by atoms with E-state index in [1.54, 1.807) is 24.5 Å². The van der Waals surface area contributed by atoms with Crippen molar-refractivity contribution in [2.24, 2.45) is 5.73 Å². The van der Waals surface area contributed by atoms with Crippen molar-refractivity contribution >= 4 is 11.6 Å². The zero-order valence-electron chi connectivity index (χ0n) is 10.00. The van der Waals surface area contributed by atoms with E-state index >= 15 is 0 Å². The van der Waals surface area contributed by atoms with Gasteiger partial charge in [-0.25, -0.2) is 4.68 Å². The Morgan fingerprint density at radius 1 is 1.56 bits per heavy atom. The van der Waals surface area contributed by atoms with Gasteiger partial charge in [-0.3, -0.25) is 9.78 Å². The molecule has 0 aliphatic heterocycles. The van der Waals surface area contributed by atoms with E-state index in [0.29, 0.717) is 17.9 Å². The molecule has 7 nitrogen and oxygen atoms in total. The lowest BCUT2D eigenvalue weighted by Gasteiger charge is -2.05. The van der Waals surface area contributed by atoms with Gasteiger partial charge in [0.15, 0.2) is 0 Å². The van der Waals surface area contributed by atoms with Crippen molar-refractivity contribution in [1.82, 2.24) is 20.0 Å². The molecule has 0 spiro atoms. The second kappa shape index (κ2) is 5.37. The molecule has 0 unspecified atom stereocenters. The molecule has 0 atom stereocenters. The molecule has 0 radical (unpaired) electrons. The van der Waals surface area contributed by atoms with Crippen molar-refractivity contribution in [3.8, 4) is 0 Å². The maximum atomic E-state index is 11.7. The Hall–Kier alpha value is -2.28. The number of nitrogens with one attached hydrogen (secondary N) is 1. The summed E-state index contributed by atoms with van der Waals surface area (Å²) in [6.07, 6.45) is 3.30. The first-order valence-electron chi connectivity index (χ1n) is 5.49. The first kappa shape index (κ1) is 12.2. The number of anilines is 1. The summed E-state index contributed by atoms with van der Waals surface area (Å²) < 4.78 is 1.45. The predicted molar refractivity (Wildman–Crippen MR) is 65.5 cm³/mol. The number of pyridine rings is 1. The van der Waals surface area contributed by atoms with E-state index in [1.807, 2.05) is 6.92 Å². The predicted octanol–water partition coefficient (Wildman–Crippen LogP) is 0.0789. The number of aryl methyl sites for hydroxylation is 1. The topological polar surface area (TPSA) is 98.7 Å². The monoisotopic (exact) mass is 246 g/mol. The minimum absolute atomic E-state index is 0.106. The summed E-state index contributed by atoms with van der Waals surface area (Å²) in [7, 11) is 0. The van der Waals surface area contributed by atoms with E-state index < -0.39 is 0 Å². The van der Waals surface area contributed by atoms with Crippen molar-refractivity contribution < 1.29 is 4.79 Å². The van der Waals surface area contributed by atoms with Crippen LogP contribution in [0, 0.1) is 6.92 Å². The molecule has 94 valence electrons. The highest BCUT2D eigenvalue weighted by Gasteiger charge is 2.06. The molecule has 0 aromatic carbocycles. The number of amides is 1. The molecule has 0 bridgehead atoms. The lowest BCUT2D eigenvalue weighted by molar-refractivity contribution is -0.116. The molecule has 7 heteroatoms. The van der Waals surface area contributed by atoms with Gasteiger partial charge in [-0.05, 0) is 19.1 Å². The molecule has 18 heavy (non-hydrogen) atoms. The third-order valence-electron chi connectivity index (χ3n) is 2.28. The van der Waals surface area contributed by atoms with Crippen LogP contribution in [-0.4, -0.2) is 25.9 Å². The molecule has 2 aromatic heterocycles. The summed E-state index contributed by atoms with van der Waals surface area (Å²) in [6, 6.07) is 3.53. The van der Waals surface area contributed by atoms with Crippen LogP contribution in [0.25, 0.3) is 0 Å². The summed E-state index contributed by atoms with van der Waals surface area (Å²) in [4.78, 5) is 15.8. The molecule has 2 rings (SSSR count). The number of hydrogen-bond acceptors (Lipinski definition) is 5. The summed E-state index contributed by atoms with van der Waals surface area (Å²) in [5.41, 5.74) is 7.63. The van der Waals surface area contributed by atoms with Gasteiger partial charge in [-0.2, -0.15) is 0 Å². The molecule has 2 heterocycles. The van der Waals surface area contributed by atoms with Gasteiger partial charge in [0.2, 0.25) is 5.91 Å². The van der Waals surface area contributed by atoms with E-state index in [2.05, 4.69) is 20.6 Å². The number of hydrogen-bond donors (Lipinski definition) is 2. The summed E-state index contributed by atoms with van der Waals surface area (Å²) in [5.74, 6) is -0.172. The Kier molecular flexibility index (Phi) is 3.63. The van der Waals surface area contributed by atoms with Gasteiger partial charge in [-0.1, -0.05) is 5.21 Å². The highest BCUT2D eigenvalue weighted by atomic mass is 16.2. The highest BCUT2D eigenvalue weighted by Crippen LogP contribution is 2.06. The van der Waals surface area contributed by atoms with Crippen molar-refractivity contribution in [2.75, 3.05) is 5.32 Å². The van der Waals surface area contributed by atoms with Crippen LogP contribution < -0.4 is 11.1 Å². The fourth-order valence-corrected chi connectivity index (χ4v) is 1.48. The maximum Gasteiger partial charge on any atom is 0.246 e. The van der Waals surface area contributed by atoms with E-state index in [4.69, 9.17) is 5.73 Å². The van der Waals surface area contributed by atoms with Crippen LogP contribution >= 0.6 is 0 Å². The molecule has 1 amide bonds. The number of aromatic nitrogens is 4. The first-order chi connectivity index (χ1) is 8.67. The van der Waals surface area contributed by atoms with Crippen LogP contribution in [0.15, 0.2) is 24.5 Å². The van der Waals surface area contributed by atoms with Crippen molar-refractivity contribution in [1.29, 1.82) is 0 Å². The van der Waals surface area contributed by atoms with Crippen LogP contribution in [0.1, 0.15) is 11.4 Å². The van der Waals surface area contributed by atoms with E-state index in [-0.39, 0.29) is 12.5 Å². The van der Waals surface area contributed by atoms with Gasteiger partial charge >= 0.3 is 0 Å². The Labute approximate surface area is 104 Å². The molecule has 3 N–H and O–H groups in total. The summed E-state index contributed by atoms with van der Waals surface area (Å²) in [6.45, 7) is 2.28. The number of nitrogens with zero attached hydrogens (tertiary/aromatic N) is 4. The van der Waals surface area contributed by atoms with Crippen LogP contribution in [0.3, 0.4) is 0 Å². The van der Waals surface area contributed by atoms with Gasteiger partial charge in [0, 0.05) is 24.1 Å². The third kappa shape index (κ3) is 3.11. The number of nitrogens with two attached hydrogens (primary N) is 1. The van der Waals surface area contributed by atoms with Gasteiger partial charge in [0.25, 0.3) is 0 Å². The smallest absolute Gasteiger partial charge is 0.246 e. The summed E-state index contributed by atoms with van der Waals surface area (Å²) >= 11 is 0. The van der Waals surface area contributed by atoms with Crippen LogP contribution in [0.4, 0.5) is 5.69 Å². The van der Waals surface area contributed by atoms with Crippen molar-refractivity contribution in [3.05, 3.63) is 35.9 Å².